The lowest BCUT2D eigenvalue weighted by molar-refractivity contribution is 0.614. The highest BCUT2D eigenvalue weighted by atomic mass is 79.9. The van der Waals surface area contributed by atoms with E-state index in [-0.39, 0.29) is 5.82 Å². The van der Waals surface area contributed by atoms with Crippen LogP contribution >= 0.6 is 31.9 Å². The molecule has 19 heavy (non-hydrogen) atoms. The zero-order valence-electron chi connectivity index (χ0n) is 9.45. The topological polar surface area (TPSA) is 52.0 Å². The van der Waals surface area contributed by atoms with Crippen molar-refractivity contribution in [2.45, 2.75) is 0 Å². The number of fused-ring (bicyclic) bond motifs is 1. The first-order valence-electron chi connectivity index (χ1n) is 5.35. The Labute approximate surface area is 124 Å². The van der Waals surface area contributed by atoms with Crippen LogP contribution in [0.4, 0.5) is 10.1 Å². The first-order valence-corrected chi connectivity index (χ1v) is 6.94. The Morgan fingerprint density at radius 3 is 2.74 bits per heavy atom. The van der Waals surface area contributed by atoms with Crippen molar-refractivity contribution < 1.29 is 8.81 Å². The van der Waals surface area contributed by atoms with Gasteiger partial charge in [0.2, 0.25) is 5.89 Å². The summed E-state index contributed by atoms with van der Waals surface area (Å²) in [5.74, 6) is 0.0100. The molecule has 1 aromatic heterocycles. The number of hydrogen-bond acceptors (Lipinski definition) is 3. The van der Waals surface area contributed by atoms with Crippen molar-refractivity contribution in [3.8, 4) is 11.5 Å². The maximum absolute atomic E-state index is 13.1. The fraction of sp³-hybridized carbons (Fsp3) is 0. The van der Waals surface area contributed by atoms with Gasteiger partial charge in [-0.3, -0.25) is 0 Å². The van der Waals surface area contributed by atoms with Gasteiger partial charge in [0.15, 0.2) is 5.58 Å². The second kappa shape index (κ2) is 4.61. The number of benzene rings is 2. The molecule has 0 aliphatic carbocycles. The molecule has 1 heterocycles. The van der Waals surface area contributed by atoms with Gasteiger partial charge in [-0.1, -0.05) is 15.9 Å². The highest BCUT2D eigenvalue weighted by molar-refractivity contribution is 9.11. The number of nitrogens with zero attached hydrogens (tertiary/aromatic N) is 1. The molecule has 0 spiro atoms. The summed E-state index contributed by atoms with van der Waals surface area (Å²) in [6, 6.07) is 7.84. The van der Waals surface area contributed by atoms with Crippen LogP contribution in [0.2, 0.25) is 0 Å². The normalized spacial score (nSPS) is 11.1. The minimum absolute atomic E-state index is 0.351. The lowest BCUT2D eigenvalue weighted by Crippen LogP contribution is -1.92. The van der Waals surface area contributed by atoms with Crippen LogP contribution < -0.4 is 5.73 Å². The monoisotopic (exact) mass is 384 g/mol. The average molecular weight is 386 g/mol. The van der Waals surface area contributed by atoms with Crippen molar-refractivity contribution in [3.63, 3.8) is 0 Å². The number of halogens is 3. The van der Waals surface area contributed by atoms with Crippen LogP contribution in [0.3, 0.4) is 0 Å². The standard InChI is InChI=1S/C13H7Br2FN2O/c14-6-3-8(12(17)9(15)4-6)13-18-10-5-7(16)1-2-11(10)19-13/h1-5H,17H2. The predicted octanol–water partition coefficient (Wildman–Crippen LogP) is 4.74. The summed E-state index contributed by atoms with van der Waals surface area (Å²) in [4.78, 5) is 4.26. The van der Waals surface area contributed by atoms with Gasteiger partial charge in [0.25, 0.3) is 0 Å². The second-order valence-corrected chi connectivity index (χ2v) is 5.75. The van der Waals surface area contributed by atoms with Crippen LogP contribution in [-0.4, -0.2) is 4.98 Å². The molecular formula is C13H7Br2FN2O. The summed E-state index contributed by atoms with van der Waals surface area (Å²) in [6.45, 7) is 0. The zero-order valence-corrected chi connectivity index (χ0v) is 12.6. The van der Waals surface area contributed by atoms with Crippen LogP contribution in [-0.2, 0) is 0 Å². The van der Waals surface area contributed by atoms with E-state index in [4.69, 9.17) is 10.2 Å². The van der Waals surface area contributed by atoms with E-state index in [1.54, 1.807) is 12.1 Å². The summed E-state index contributed by atoms with van der Waals surface area (Å²) in [6.07, 6.45) is 0. The lowest BCUT2D eigenvalue weighted by atomic mass is 10.2. The molecule has 96 valence electrons. The summed E-state index contributed by atoms with van der Waals surface area (Å²) in [5.41, 5.74) is 8.15. The van der Waals surface area contributed by atoms with Crippen LogP contribution in [0.5, 0.6) is 0 Å². The first-order chi connectivity index (χ1) is 9.04. The Balaban J connectivity index is 2.24. The number of anilines is 1. The molecule has 0 bridgehead atoms. The second-order valence-electron chi connectivity index (χ2n) is 3.98. The average Bonchev–Trinajstić information content (AvgIpc) is 2.76. The molecule has 0 aliphatic heterocycles. The number of hydrogen-bond donors (Lipinski definition) is 1. The van der Waals surface area contributed by atoms with E-state index >= 15 is 0 Å². The van der Waals surface area contributed by atoms with Crippen LogP contribution in [0.25, 0.3) is 22.6 Å². The van der Waals surface area contributed by atoms with Crippen LogP contribution in [0.15, 0.2) is 43.7 Å². The number of nitrogens with two attached hydrogens (primary N) is 1. The molecule has 0 amide bonds. The van der Waals surface area contributed by atoms with E-state index in [1.807, 2.05) is 6.07 Å². The van der Waals surface area contributed by atoms with Gasteiger partial charge in [0.05, 0.1) is 11.3 Å². The third-order valence-electron chi connectivity index (χ3n) is 2.67. The molecule has 3 nitrogen and oxygen atoms in total. The smallest absolute Gasteiger partial charge is 0.229 e. The molecule has 0 atom stereocenters. The summed E-state index contributed by atoms with van der Waals surface area (Å²) < 4.78 is 20.3. The van der Waals surface area contributed by atoms with Crippen LogP contribution in [0, 0.1) is 5.82 Å². The van der Waals surface area contributed by atoms with Gasteiger partial charge in [0.1, 0.15) is 11.3 Å². The van der Waals surface area contributed by atoms with Crippen molar-refractivity contribution in [3.05, 3.63) is 45.1 Å². The Kier molecular flexibility index (Phi) is 3.06. The van der Waals surface area contributed by atoms with Crippen molar-refractivity contribution in [1.82, 2.24) is 4.98 Å². The minimum atomic E-state index is -0.351. The number of aromatic nitrogens is 1. The lowest BCUT2D eigenvalue weighted by Gasteiger charge is -2.04. The largest absolute Gasteiger partial charge is 0.436 e. The van der Waals surface area contributed by atoms with Gasteiger partial charge in [-0.25, -0.2) is 9.37 Å². The number of nitrogen functional groups attached to an aromatic ring is 1. The Morgan fingerprint density at radius 2 is 1.95 bits per heavy atom. The van der Waals surface area contributed by atoms with Gasteiger partial charge in [-0.2, -0.15) is 0 Å². The third-order valence-corrected chi connectivity index (χ3v) is 3.79. The van der Waals surface area contributed by atoms with E-state index in [2.05, 4.69) is 36.8 Å². The van der Waals surface area contributed by atoms with Gasteiger partial charge < -0.3 is 10.2 Å². The molecular weight excluding hydrogens is 379 g/mol. The Hall–Kier alpha value is -1.40. The summed E-state index contributed by atoms with van der Waals surface area (Å²) >= 11 is 6.75. The summed E-state index contributed by atoms with van der Waals surface area (Å²) in [7, 11) is 0. The molecule has 3 rings (SSSR count). The van der Waals surface area contributed by atoms with Crippen molar-refractivity contribution in [2.75, 3.05) is 5.73 Å². The maximum Gasteiger partial charge on any atom is 0.229 e. The molecule has 2 N–H and O–H groups in total. The molecule has 0 unspecified atom stereocenters. The number of oxazole rings is 1. The summed E-state index contributed by atoms with van der Waals surface area (Å²) in [5, 5.41) is 0. The van der Waals surface area contributed by atoms with Crippen LogP contribution in [0.1, 0.15) is 0 Å². The van der Waals surface area contributed by atoms with Crippen molar-refractivity contribution in [2.24, 2.45) is 0 Å². The fourth-order valence-corrected chi connectivity index (χ4v) is 3.00. The van der Waals surface area contributed by atoms with E-state index in [0.29, 0.717) is 28.2 Å². The zero-order chi connectivity index (χ0) is 13.6. The molecule has 0 radical (unpaired) electrons. The number of rotatable bonds is 1. The van der Waals surface area contributed by atoms with Gasteiger partial charge in [-0.15, -0.1) is 0 Å². The first kappa shape index (κ1) is 12.6. The Morgan fingerprint density at radius 1 is 1.16 bits per heavy atom. The van der Waals surface area contributed by atoms with E-state index < -0.39 is 0 Å². The SMILES string of the molecule is Nc1c(Br)cc(Br)cc1-c1nc2cc(F)ccc2o1. The highest BCUT2D eigenvalue weighted by Gasteiger charge is 2.14. The Bertz CT molecular complexity index is 786. The molecule has 3 aromatic rings. The van der Waals surface area contributed by atoms with Gasteiger partial charge >= 0.3 is 0 Å². The van der Waals surface area contributed by atoms with E-state index in [9.17, 15) is 4.39 Å². The van der Waals surface area contributed by atoms with Crippen molar-refractivity contribution >= 4 is 48.6 Å². The molecule has 6 heteroatoms. The van der Waals surface area contributed by atoms with Gasteiger partial charge in [0, 0.05) is 15.0 Å². The third kappa shape index (κ3) is 2.26. The van der Waals surface area contributed by atoms with E-state index in [1.165, 1.54) is 12.1 Å². The molecule has 2 aromatic carbocycles. The maximum atomic E-state index is 13.1. The molecule has 0 aliphatic rings. The predicted molar refractivity (Wildman–Crippen MR) is 79.2 cm³/mol. The minimum Gasteiger partial charge on any atom is -0.436 e. The molecule has 0 saturated carbocycles. The van der Waals surface area contributed by atoms with Gasteiger partial charge in [-0.05, 0) is 40.2 Å². The highest BCUT2D eigenvalue weighted by Crippen LogP contribution is 2.36. The quantitative estimate of drug-likeness (QED) is 0.615. The fourth-order valence-electron chi connectivity index (χ4n) is 1.78. The van der Waals surface area contributed by atoms with E-state index in [0.717, 1.165) is 8.95 Å². The molecule has 0 fully saturated rings. The van der Waals surface area contributed by atoms with Crippen molar-refractivity contribution in [1.29, 1.82) is 0 Å². The molecule has 0 saturated heterocycles.